The summed E-state index contributed by atoms with van der Waals surface area (Å²) < 4.78 is 0. The van der Waals surface area contributed by atoms with Crippen LogP contribution in [0.5, 0.6) is 0 Å². The number of nitrogens with zero attached hydrogens (tertiary/aromatic N) is 1. The van der Waals surface area contributed by atoms with E-state index >= 15 is 0 Å². The summed E-state index contributed by atoms with van der Waals surface area (Å²) in [6, 6.07) is 81.3. The highest BCUT2D eigenvalue weighted by Gasteiger charge is 2.16. The van der Waals surface area contributed by atoms with Crippen molar-refractivity contribution in [2.45, 2.75) is 0 Å². The maximum atomic E-state index is 2.36. The number of anilines is 3. The van der Waals surface area contributed by atoms with Gasteiger partial charge in [-0.05, 0) is 119 Å². The fourth-order valence-corrected chi connectivity index (χ4v) is 8.20. The number of benzene rings is 10. The first-order valence-electron chi connectivity index (χ1n) is 18.9. The van der Waals surface area contributed by atoms with Gasteiger partial charge >= 0.3 is 0 Å². The molecule has 0 atom stereocenters. The monoisotopic (exact) mass is 699 g/mol. The van der Waals surface area contributed by atoms with E-state index in [9.17, 15) is 0 Å². The molecule has 1 nitrogen and oxygen atoms in total. The van der Waals surface area contributed by atoms with Crippen molar-refractivity contribution in [2.24, 2.45) is 0 Å². The van der Waals surface area contributed by atoms with Crippen LogP contribution in [0.4, 0.5) is 17.1 Å². The zero-order chi connectivity index (χ0) is 36.6. The van der Waals surface area contributed by atoms with Gasteiger partial charge in [-0.15, -0.1) is 0 Å². The summed E-state index contributed by atoms with van der Waals surface area (Å²) in [6.45, 7) is 0. The van der Waals surface area contributed by atoms with E-state index in [0.29, 0.717) is 0 Å². The standard InChI is InChI=1S/C54H37N/c1-3-14-38(15-4-1)40-28-32-45(33-29-40)55(46-34-30-41(31-35-46)39-16-5-2-6-17-39)47-21-12-19-43(37-47)42-18-11-20-44(36-42)48-26-13-27-53-51-23-8-7-22-49(51)50-24-9-10-25-52(50)54(48)53/h1-37H. The zero-order valence-corrected chi connectivity index (χ0v) is 30.3. The lowest BCUT2D eigenvalue weighted by molar-refractivity contribution is 1.28. The van der Waals surface area contributed by atoms with E-state index < -0.39 is 0 Å². The Morgan fingerprint density at radius 2 is 0.600 bits per heavy atom. The van der Waals surface area contributed by atoms with Crippen molar-refractivity contribution in [3.8, 4) is 44.5 Å². The Bertz CT molecular complexity index is 2820. The van der Waals surface area contributed by atoms with Crippen LogP contribution in [-0.4, -0.2) is 0 Å². The van der Waals surface area contributed by atoms with Gasteiger partial charge in [-0.2, -0.15) is 0 Å². The predicted molar refractivity (Wildman–Crippen MR) is 235 cm³/mol. The van der Waals surface area contributed by atoms with Gasteiger partial charge in [0.2, 0.25) is 0 Å². The molecule has 10 rings (SSSR count). The minimum atomic E-state index is 1.10. The van der Waals surface area contributed by atoms with E-state index in [4.69, 9.17) is 0 Å². The molecule has 0 aliphatic rings. The second-order valence-corrected chi connectivity index (χ2v) is 14.1. The molecular weight excluding hydrogens is 663 g/mol. The smallest absolute Gasteiger partial charge is 0.0467 e. The van der Waals surface area contributed by atoms with Gasteiger partial charge < -0.3 is 4.90 Å². The van der Waals surface area contributed by atoms with Gasteiger partial charge in [0.05, 0.1) is 0 Å². The zero-order valence-electron chi connectivity index (χ0n) is 30.3. The quantitative estimate of drug-likeness (QED) is 0.150. The van der Waals surface area contributed by atoms with Crippen molar-refractivity contribution in [1.82, 2.24) is 0 Å². The fraction of sp³-hybridized carbons (Fsp3) is 0. The van der Waals surface area contributed by atoms with Crippen molar-refractivity contribution in [3.63, 3.8) is 0 Å². The van der Waals surface area contributed by atoms with Gasteiger partial charge in [-0.3, -0.25) is 0 Å². The molecule has 0 spiro atoms. The molecule has 0 amide bonds. The van der Waals surface area contributed by atoms with Gasteiger partial charge in [-0.25, -0.2) is 0 Å². The van der Waals surface area contributed by atoms with Crippen molar-refractivity contribution in [2.75, 3.05) is 4.90 Å². The van der Waals surface area contributed by atoms with Crippen molar-refractivity contribution in [3.05, 3.63) is 224 Å². The number of hydrogen-bond donors (Lipinski definition) is 0. The average Bonchev–Trinajstić information content (AvgIpc) is 3.27. The minimum absolute atomic E-state index is 1.10. The van der Waals surface area contributed by atoms with Crippen LogP contribution in [0.2, 0.25) is 0 Å². The molecule has 258 valence electrons. The molecular formula is C54H37N. The topological polar surface area (TPSA) is 3.24 Å². The lowest BCUT2D eigenvalue weighted by Crippen LogP contribution is -2.10. The Balaban J connectivity index is 1.08. The normalized spacial score (nSPS) is 11.3. The Kier molecular flexibility index (Phi) is 8.24. The van der Waals surface area contributed by atoms with Crippen LogP contribution < -0.4 is 4.90 Å². The minimum Gasteiger partial charge on any atom is -0.310 e. The SMILES string of the molecule is c1ccc(-c2ccc(N(c3ccc(-c4ccccc4)cc3)c3cccc(-c4cccc(-c5cccc6c7ccccc7c7ccccc7c56)c4)c3)cc2)cc1. The molecule has 0 radical (unpaired) electrons. The van der Waals surface area contributed by atoms with Gasteiger partial charge in [-0.1, -0.05) is 182 Å². The first kappa shape index (κ1) is 32.4. The third kappa shape index (κ3) is 6.02. The van der Waals surface area contributed by atoms with Gasteiger partial charge in [0.1, 0.15) is 0 Å². The van der Waals surface area contributed by atoms with Crippen LogP contribution in [-0.2, 0) is 0 Å². The highest BCUT2D eigenvalue weighted by atomic mass is 15.1. The van der Waals surface area contributed by atoms with Gasteiger partial charge in [0.25, 0.3) is 0 Å². The third-order valence-corrected chi connectivity index (χ3v) is 10.8. The molecule has 0 saturated carbocycles. The summed E-state index contributed by atoms with van der Waals surface area (Å²) in [7, 11) is 0. The van der Waals surface area contributed by atoms with E-state index in [1.54, 1.807) is 0 Å². The first-order valence-corrected chi connectivity index (χ1v) is 18.9. The largest absolute Gasteiger partial charge is 0.310 e. The molecule has 10 aromatic rings. The maximum Gasteiger partial charge on any atom is 0.0467 e. The fourth-order valence-electron chi connectivity index (χ4n) is 8.20. The highest BCUT2D eigenvalue weighted by molar-refractivity contribution is 6.28. The molecule has 0 aliphatic carbocycles. The summed E-state index contributed by atoms with van der Waals surface area (Å²) in [5.41, 5.74) is 12.9. The lowest BCUT2D eigenvalue weighted by atomic mass is 9.89. The predicted octanol–water partition coefficient (Wildman–Crippen LogP) is 15.3. The highest BCUT2D eigenvalue weighted by Crippen LogP contribution is 2.42. The second-order valence-electron chi connectivity index (χ2n) is 14.1. The van der Waals surface area contributed by atoms with E-state index in [-0.39, 0.29) is 0 Å². The van der Waals surface area contributed by atoms with Crippen molar-refractivity contribution in [1.29, 1.82) is 0 Å². The summed E-state index contributed by atoms with van der Waals surface area (Å²) in [5, 5.41) is 7.73. The molecule has 0 aliphatic heterocycles. The van der Waals surface area contributed by atoms with Crippen LogP contribution in [0, 0.1) is 0 Å². The number of hydrogen-bond acceptors (Lipinski definition) is 1. The Hall–Kier alpha value is -7.22. The summed E-state index contributed by atoms with van der Waals surface area (Å²) in [4.78, 5) is 2.36. The molecule has 0 unspecified atom stereocenters. The lowest BCUT2D eigenvalue weighted by Gasteiger charge is -2.26. The third-order valence-electron chi connectivity index (χ3n) is 10.8. The van der Waals surface area contributed by atoms with Crippen LogP contribution in [0.3, 0.4) is 0 Å². The first-order chi connectivity index (χ1) is 27.3. The Morgan fingerprint density at radius 3 is 1.16 bits per heavy atom. The summed E-state index contributed by atoms with van der Waals surface area (Å²) in [6.07, 6.45) is 0. The second kappa shape index (κ2) is 14.0. The van der Waals surface area contributed by atoms with Crippen LogP contribution in [0.15, 0.2) is 224 Å². The number of rotatable bonds is 7. The van der Waals surface area contributed by atoms with Crippen LogP contribution >= 0.6 is 0 Å². The van der Waals surface area contributed by atoms with Gasteiger partial charge in [0.15, 0.2) is 0 Å². The van der Waals surface area contributed by atoms with Gasteiger partial charge in [0, 0.05) is 17.1 Å². The summed E-state index contributed by atoms with van der Waals surface area (Å²) >= 11 is 0. The maximum absolute atomic E-state index is 2.36. The van der Waals surface area contributed by atoms with Crippen LogP contribution in [0.1, 0.15) is 0 Å². The number of fused-ring (bicyclic) bond motifs is 6. The molecule has 0 N–H and O–H groups in total. The van der Waals surface area contributed by atoms with Crippen molar-refractivity contribution < 1.29 is 0 Å². The Labute approximate surface area is 322 Å². The molecule has 0 saturated heterocycles. The van der Waals surface area contributed by atoms with E-state index in [0.717, 1.165) is 17.1 Å². The molecule has 55 heavy (non-hydrogen) atoms. The molecule has 0 aromatic heterocycles. The molecule has 0 heterocycles. The summed E-state index contributed by atoms with van der Waals surface area (Å²) in [5.74, 6) is 0. The molecule has 10 aromatic carbocycles. The molecule has 0 bridgehead atoms. The average molecular weight is 700 g/mol. The van der Waals surface area contributed by atoms with Crippen LogP contribution in [0.25, 0.3) is 76.8 Å². The van der Waals surface area contributed by atoms with E-state index in [1.165, 1.54) is 76.8 Å². The van der Waals surface area contributed by atoms with E-state index in [2.05, 4.69) is 229 Å². The molecule has 1 heteroatoms. The Morgan fingerprint density at radius 1 is 0.218 bits per heavy atom. The van der Waals surface area contributed by atoms with Crippen molar-refractivity contribution >= 4 is 49.4 Å². The van der Waals surface area contributed by atoms with E-state index in [1.807, 2.05) is 0 Å². The molecule has 0 fully saturated rings.